The van der Waals surface area contributed by atoms with Crippen LogP contribution in [0.3, 0.4) is 0 Å². The van der Waals surface area contributed by atoms with Crippen molar-refractivity contribution in [3.8, 4) is 5.75 Å². The highest BCUT2D eigenvalue weighted by Gasteiger charge is 2.16. The van der Waals surface area contributed by atoms with Crippen molar-refractivity contribution in [3.63, 3.8) is 0 Å². The lowest BCUT2D eigenvalue weighted by Gasteiger charge is -2.05. The zero-order valence-corrected chi connectivity index (χ0v) is 19.1. The van der Waals surface area contributed by atoms with Gasteiger partial charge in [-0.3, -0.25) is 9.48 Å². The van der Waals surface area contributed by atoms with Gasteiger partial charge < -0.3 is 14.5 Å². The van der Waals surface area contributed by atoms with E-state index in [0.29, 0.717) is 28.1 Å². The van der Waals surface area contributed by atoms with Gasteiger partial charge >= 0.3 is 0 Å². The molecule has 4 rings (SSSR count). The molecule has 0 aliphatic rings. The van der Waals surface area contributed by atoms with Gasteiger partial charge in [-0.15, -0.1) is 0 Å². The average molecular weight is 521 g/mol. The number of hydrogen-bond donors (Lipinski definition) is 1. The van der Waals surface area contributed by atoms with Crippen molar-refractivity contribution in [2.75, 3.05) is 5.32 Å². The normalized spacial score (nSPS) is 10.8. The molecular weight excluding hydrogens is 505 g/mol. The molecule has 6 nitrogen and oxygen atoms in total. The number of carbonyl (C=O) groups excluding carboxylic acids is 1. The molecule has 9 heteroatoms. The van der Waals surface area contributed by atoms with Crippen molar-refractivity contribution >= 4 is 50.9 Å². The van der Waals surface area contributed by atoms with Crippen LogP contribution in [-0.4, -0.2) is 15.7 Å². The van der Waals surface area contributed by atoms with E-state index in [1.165, 1.54) is 0 Å². The lowest BCUT2D eigenvalue weighted by molar-refractivity contribution is 0.0992. The molecule has 0 saturated carbocycles. The van der Waals surface area contributed by atoms with Crippen LogP contribution in [0.5, 0.6) is 5.75 Å². The SMILES string of the molecule is O=C(Nc1nn(Cc2ccc(Cl)cc2)cc1Cl)c1ccc(COc2ccccc2Br)o1. The molecule has 1 N–H and O–H groups in total. The van der Waals surface area contributed by atoms with E-state index in [1.807, 2.05) is 36.4 Å². The van der Waals surface area contributed by atoms with E-state index < -0.39 is 5.91 Å². The average Bonchev–Trinajstić information content (AvgIpc) is 3.36. The second kappa shape index (κ2) is 9.60. The van der Waals surface area contributed by atoms with Gasteiger partial charge in [0.15, 0.2) is 11.6 Å². The van der Waals surface area contributed by atoms with Crippen LogP contribution in [0.1, 0.15) is 21.9 Å². The number of halogens is 3. The summed E-state index contributed by atoms with van der Waals surface area (Å²) in [4.78, 5) is 12.5. The fourth-order valence-corrected chi connectivity index (χ4v) is 3.52. The Morgan fingerprint density at radius 1 is 1.10 bits per heavy atom. The molecule has 2 aromatic heterocycles. The zero-order chi connectivity index (χ0) is 21.8. The van der Waals surface area contributed by atoms with Crippen LogP contribution in [0.2, 0.25) is 10.0 Å². The first-order valence-electron chi connectivity index (χ1n) is 9.23. The van der Waals surface area contributed by atoms with E-state index in [4.69, 9.17) is 32.4 Å². The maximum Gasteiger partial charge on any atom is 0.292 e. The zero-order valence-electron chi connectivity index (χ0n) is 16.0. The number of furan rings is 1. The quantitative estimate of drug-likeness (QED) is 0.305. The van der Waals surface area contributed by atoms with Crippen LogP contribution in [0, 0.1) is 0 Å². The highest BCUT2D eigenvalue weighted by atomic mass is 79.9. The third-order valence-electron chi connectivity index (χ3n) is 4.30. The van der Waals surface area contributed by atoms with Gasteiger partial charge in [-0.25, -0.2) is 0 Å². The minimum absolute atomic E-state index is 0.133. The van der Waals surface area contributed by atoms with Crippen molar-refractivity contribution in [2.24, 2.45) is 0 Å². The minimum Gasteiger partial charge on any atom is -0.484 e. The highest BCUT2D eigenvalue weighted by molar-refractivity contribution is 9.10. The van der Waals surface area contributed by atoms with Crippen LogP contribution in [0.4, 0.5) is 5.82 Å². The predicted octanol–water partition coefficient (Wildman–Crippen LogP) is 6.43. The Morgan fingerprint density at radius 3 is 2.65 bits per heavy atom. The topological polar surface area (TPSA) is 69.3 Å². The van der Waals surface area contributed by atoms with E-state index in [2.05, 4.69) is 26.3 Å². The molecule has 4 aromatic rings. The first-order chi connectivity index (χ1) is 15.0. The molecule has 0 bridgehead atoms. The Hall–Kier alpha value is -2.74. The monoisotopic (exact) mass is 519 g/mol. The van der Waals surface area contributed by atoms with E-state index in [-0.39, 0.29) is 18.2 Å². The Bertz CT molecular complexity index is 1200. The van der Waals surface area contributed by atoms with Gasteiger partial charge in [-0.05, 0) is 57.9 Å². The summed E-state index contributed by atoms with van der Waals surface area (Å²) in [6.07, 6.45) is 1.64. The summed E-state index contributed by atoms with van der Waals surface area (Å²) in [6, 6.07) is 18.2. The Morgan fingerprint density at radius 2 is 1.87 bits per heavy atom. The Labute approximate surface area is 196 Å². The van der Waals surface area contributed by atoms with Crippen LogP contribution in [0.25, 0.3) is 0 Å². The minimum atomic E-state index is -0.453. The first kappa shape index (κ1) is 21.5. The van der Waals surface area contributed by atoms with Crippen molar-refractivity contribution < 1.29 is 13.9 Å². The molecule has 0 aliphatic carbocycles. The molecule has 31 heavy (non-hydrogen) atoms. The maximum absolute atomic E-state index is 12.5. The van der Waals surface area contributed by atoms with E-state index >= 15 is 0 Å². The number of para-hydroxylation sites is 1. The predicted molar refractivity (Wildman–Crippen MR) is 123 cm³/mol. The van der Waals surface area contributed by atoms with Crippen LogP contribution < -0.4 is 10.1 Å². The van der Waals surface area contributed by atoms with Crippen molar-refractivity contribution in [2.45, 2.75) is 13.2 Å². The number of nitrogens with one attached hydrogen (secondary N) is 1. The van der Waals surface area contributed by atoms with E-state index in [9.17, 15) is 4.79 Å². The summed E-state index contributed by atoms with van der Waals surface area (Å²) in [7, 11) is 0. The molecule has 1 amide bonds. The molecule has 0 aliphatic heterocycles. The third-order valence-corrected chi connectivity index (χ3v) is 5.48. The number of aromatic nitrogens is 2. The number of hydrogen-bond acceptors (Lipinski definition) is 4. The number of amides is 1. The van der Waals surface area contributed by atoms with E-state index in [0.717, 1.165) is 10.0 Å². The molecule has 2 heterocycles. The van der Waals surface area contributed by atoms with Gasteiger partial charge in [0.1, 0.15) is 23.1 Å². The molecular formula is C22H16BrCl2N3O3. The van der Waals surface area contributed by atoms with Crippen molar-refractivity contribution in [3.05, 3.63) is 98.5 Å². The first-order valence-corrected chi connectivity index (χ1v) is 10.8. The second-order valence-electron chi connectivity index (χ2n) is 6.59. The van der Waals surface area contributed by atoms with Crippen LogP contribution in [0.15, 0.2) is 75.8 Å². The summed E-state index contributed by atoms with van der Waals surface area (Å²) >= 11 is 15.6. The fraction of sp³-hybridized carbons (Fsp3) is 0.0909. The summed E-state index contributed by atoms with van der Waals surface area (Å²) < 4.78 is 13.8. The van der Waals surface area contributed by atoms with Crippen molar-refractivity contribution in [1.82, 2.24) is 9.78 Å². The van der Waals surface area contributed by atoms with Gasteiger partial charge in [0.2, 0.25) is 0 Å². The molecule has 0 spiro atoms. The number of benzene rings is 2. The highest BCUT2D eigenvalue weighted by Crippen LogP contribution is 2.25. The number of nitrogens with zero attached hydrogens (tertiary/aromatic N) is 2. The molecule has 0 fully saturated rings. The molecule has 2 aromatic carbocycles. The molecule has 0 saturated heterocycles. The molecule has 0 atom stereocenters. The van der Waals surface area contributed by atoms with Crippen LogP contribution >= 0.6 is 39.1 Å². The number of ether oxygens (including phenoxy) is 1. The molecule has 0 unspecified atom stereocenters. The molecule has 0 radical (unpaired) electrons. The fourth-order valence-electron chi connectivity index (χ4n) is 2.80. The van der Waals surface area contributed by atoms with Gasteiger partial charge in [0.05, 0.1) is 11.0 Å². The summed E-state index contributed by atoms with van der Waals surface area (Å²) in [5, 5.41) is 7.99. The van der Waals surface area contributed by atoms with Gasteiger partial charge in [-0.1, -0.05) is 47.5 Å². The number of carbonyl (C=O) groups is 1. The Balaban J connectivity index is 1.38. The summed E-state index contributed by atoms with van der Waals surface area (Å²) in [5.41, 5.74) is 1.00. The summed E-state index contributed by atoms with van der Waals surface area (Å²) in [5.74, 6) is 1.13. The van der Waals surface area contributed by atoms with Gasteiger partial charge in [0.25, 0.3) is 5.91 Å². The standard InChI is InChI=1S/C22H16BrCl2N3O3/c23-17-3-1-2-4-19(17)30-13-16-9-10-20(31-16)22(29)26-21-18(25)12-28(27-21)11-14-5-7-15(24)8-6-14/h1-10,12H,11,13H2,(H,26,27,29). The lowest BCUT2D eigenvalue weighted by Crippen LogP contribution is -2.12. The third kappa shape index (κ3) is 5.50. The molecule has 158 valence electrons. The Kier molecular flexibility index (Phi) is 6.65. The van der Waals surface area contributed by atoms with Gasteiger partial charge in [0, 0.05) is 11.2 Å². The van der Waals surface area contributed by atoms with E-state index in [1.54, 1.807) is 35.1 Å². The van der Waals surface area contributed by atoms with Crippen molar-refractivity contribution in [1.29, 1.82) is 0 Å². The number of anilines is 1. The second-order valence-corrected chi connectivity index (χ2v) is 8.29. The lowest BCUT2D eigenvalue weighted by atomic mass is 10.2. The summed E-state index contributed by atoms with van der Waals surface area (Å²) in [6.45, 7) is 0.677. The smallest absolute Gasteiger partial charge is 0.292 e. The van der Waals surface area contributed by atoms with Gasteiger partial charge in [-0.2, -0.15) is 5.10 Å². The number of rotatable bonds is 7. The van der Waals surface area contributed by atoms with Crippen LogP contribution in [-0.2, 0) is 13.2 Å². The maximum atomic E-state index is 12.5. The largest absolute Gasteiger partial charge is 0.484 e.